The van der Waals surface area contributed by atoms with Gasteiger partial charge in [-0.1, -0.05) is 78.9 Å². The number of ether oxygens (including phenoxy) is 4. The van der Waals surface area contributed by atoms with Crippen LogP contribution in [0.15, 0.2) is 250 Å². The van der Waals surface area contributed by atoms with E-state index in [1.165, 1.54) is 0 Å². The van der Waals surface area contributed by atoms with E-state index in [9.17, 15) is 19.2 Å². The summed E-state index contributed by atoms with van der Waals surface area (Å²) in [6, 6.07) is 59.5. The predicted octanol–water partition coefficient (Wildman–Crippen LogP) is 14.7. The first-order valence-electron chi connectivity index (χ1n) is 41.1. The van der Waals surface area contributed by atoms with Crippen LogP contribution in [0.3, 0.4) is 0 Å². The molecule has 8 bridgehead atoms. The van der Waals surface area contributed by atoms with Gasteiger partial charge in [-0.3, -0.25) is 24.2 Å². The summed E-state index contributed by atoms with van der Waals surface area (Å²) < 4.78 is 24.8. The van der Waals surface area contributed by atoms with E-state index in [4.69, 9.17) is 18.9 Å². The number of hydrogen-bond donors (Lipinski definition) is 0. The monoisotopic (exact) mass is 1600 g/mol. The van der Waals surface area contributed by atoms with Gasteiger partial charge in [0.1, 0.15) is 30.1 Å². The average molecular weight is 1600 g/mol. The average Bonchev–Trinajstić information content (AvgIpc) is 1.63. The summed E-state index contributed by atoms with van der Waals surface area (Å²) >= 11 is 0. The number of nitrogens with zero attached hydrogens (tertiary/aromatic N) is 17. The van der Waals surface area contributed by atoms with Gasteiger partial charge in [0.05, 0.1) is 53.5 Å². The first kappa shape index (κ1) is 77.5. The third-order valence-corrected chi connectivity index (χ3v) is 24.1. The third-order valence-electron chi connectivity index (χ3n) is 24.1. The Kier molecular flexibility index (Phi) is 22.3. The van der Waals surface area contributed by atoms with Gasteiger partial charge >= 0.3 is 0 Å². The van der Waals surface area contributed by atoms with Crippen LogP contribution in [0.2, 0.25) is 0 Å². The number of benzene rings is 3. The molecule has 0 radical (unpaired) electrons. The summed E-state index contributed by atoms with van der Waals surface area (Å²) in [5.74, 6) is 4.82. The van der Waals surface area contributed by atoms with Crippen molar-refractivity contribution in [3.8, 4) is 68.5 Å². The maximum atomic E-state index is 13.7. The van der Waals surface area contributed by atoms with E-state index in [-0.39, 0.29) is 72.2 Å². The maximum absolute atomic E-state index is 13.7. The number of likely N-dealkylation sites (tertiary alicyclic amines) is 4. The van der Waals surface area contributed by atoms with Crippen molar-refractivity contribution in [2.24, 2.45) is 23.7 Å². The molecule has 8 fully saturated rings. The molecule has 12 atom stereocenters. The lowest BCUT2D eigenvalue weighted by Gasteiger charge is -2.33. The molecule has 10 aromatic heterocycles. The molecule has 3 aromatic carbocycles. The fourth-order valence-corrected chi connectivity index (χ4v) is 18.6. The molecule has 4 saturated heterocycles. The van der Waals surface area contributed by atoms with Crippen LogP contribution in [0.1, 0.15) is 115 Å². The SMILES string of the molecule is Cc1ccc(-c2ncccn2)c(C(=O)N2CC3CC(Oc4ccc5cccnc5n4)C2C3)n1.Cc1ccc(OC2CC3CC2N(C(=O)c2ccccc2-c2ccccn2)C3)nc1.Cc1ccc(OC2CC3CC2N(C(=O)c2ccccc2-c2cccnn2)C3)nc1.Cc1ccc(OC2CC3CC2N(C(=O)c2ccccc2-c2ccnnc2)C3)nc1. The molecule has 0 N–H and O–H groups in total. The third kappa shape index (κ3) is 16.7. The standard InChI is InChI=1S/C25H22N6O2.C24H23N3O2.2C23H22N4O2/c1-15-5-7-18(24-27-10-3-11-28-24)22(29-15)25(32)31-14-16-12-19(31)20(13-16)33-21-8-6-17-4-2-9-26-23(17)30-21;1-16-9-10-23(26-14-16)29-22-13-17-12-21(22)27(15-17)24(28)19-7-3-2-6-18(19)20-8-4-5-11-25-20;1-15-8-9-22(24-13-15)29-21-12-16-11-20(21)27(14-16)23(28)18-6-3-2-5-17(18)19-7-4-10-25-26-19;1-15-6-7-22(24-12-15)29-21-11-16-10-20(21)27(14-16)23(28)19-5-3-2-4-18(19)17-8-9-25-26-13-17/h2-11,16,19-20H,12-14H2,1H3;2-11,14,17,21-22H,12-13,15H2,1H3;2-10,13,16,20-21H,11-12,14H2,1H3;2-9,12-13,16,20-21H,10-11,14H2,1H3. The van der Waals surface area contributed by atoms with E-state index in [1.807, 2.05) is 248 Å². The molecule has 8 aliphatic rings. The first-order valence-corrected chi connectivity index (χ1v) is 41.1. The summed E-state index contributed by atoms with van der Waals surface area (Å²) in [5, 5.41) is 16.9. The Hall–Kier alpha value is -13.7. The Morgan fingerprint density at radius 3 is 1.25 bits per heavy atom. The Bertz CT molecular complexity index is 5430. The lowest BCUT2D eigenvalue weighted by atomic mass is 9.99. The second kappa shape index (κ2) is 34.5. The van der Waals surface area contributed by atoms with E-state index >= 15 is 0 Å². The zero-order valence-electron chi connectivity index (χ0n) is 67.0. The van der Waals surface area contributed by atoms with Crippen LogP contribution in [0.4, 0.5) is 0 Å². The summed E-state index contributed by atoms with van der Waals surface area (Å²) in [7, 11) is 0. The fraction of sp³-hybridized carbons (Fsp3) is 0.295. The number of carbonyl (C=O) groups excluding carboxylic acids is 4. The highest BCUT2D eigenvalue weighted by atomic mass is 16.5. The summed E-state index contributed by atoms with van der Waals surface area (Å²) in [5.41, 5.74) is 12.8. The van der Waals surface area contributed by atoms with Crippen LogP contribution < -0.4 is 18.9 Å². The highest BCUT2D eigenvalue weighted by Gasteiger charge is 2.53. The van der Waals surface area contributed by atoms with Gasteiger partial charge < -0.3 is 38.5 Å². The quantitative estimate of drug-likeness (QED) is 0.0868. The number of piperidine rings is 4. The molecule has 21 rings (SSSR count). The van der Waals surface area contributed by atoms with Gasteiger partial charge in [0.2, 0.25) is 23.5 Å². The Morgan fingerprint density at radius 2 is 0.775 bits per heavy atom. The molecule has 13 aromatic rings. The molecule has 4 aliphatic carbocycles. The second-order valence-corrected chi connectivity index (χ2v) is 32.3. The number of amides is 4. The Labute approximate surface area is 694 Å². The molecule has 120 heavy (non-hydrogen) atoms. The first-order chi connectivity index (χ1) is 58.7. The molecule has 12 unspecified atom stereocenters. The highest BCUT2D eigenvalue weighted by molar-refractivity contribution is 6.03. The smallest absolute Gasteiger partial charge is 0.273 e. The van der Waals surface area contributed by atoms with Crippen molar-refractivity contribution in [3.05, 3.63) is 295 Å². The van der Waals surface area contributed by atoms with E-state index in [0.717, 1.165) is 127 Å². The Morgan fingerprint density at radius 1 is 0.325 bits per heavy atom. The van der Waals surface area contributed by atoms with E-state index in [0.29, 0.717) is 98.8 Å². The Balaban J connectivity index is 0.000000110. The lowest BCUT2D eigenvalue weighted by Crippen LogP contribution is -2.47. The van der Waals surface area contributed by atoms with Crippen LogP contribution in [-0.2, 0) is 0 Å². The number of aryl methyl sites for hydroxylation is 4. The van der Waals surface area contributed by atoms with E-state index in [2.05, 4.69) is 65.3 Å². The van der Waals surface area contributed by atoms with Crippen molar-refractivity contribution in [2.45, 2.75) is 128 Å². The van der Waals surface area contributed by atoms with Gasteiger partial charge in [0, 0.05) is 144 Å². The summed E-state index contributed by atoms with van der Waals surface area (Å²) in [6.45, 7) is 11.0. The molecule has 14 heterocycles. The number of pyridine rings is 7. The van der Waals surface area contributed by atoms with E-state index < -0.39 is 0 Å². The number of carbonyl (C=O) groups is 4. The van der Waals surface area contributed by atoms with Crippen molar-refractivity contribution in [2.75, 3.05) is 26.2 Å². The van der Waals surface area contributed by atoms with Crippen molar-refractivity contribution < 1.29 is 38.1 Å². The largest absolute Gasteiger partial charge is 0.472 e. The van der Waals surface area contributed by atoms with Crippen LogP contribution in [0.25, 0.3) is 56.1 Å². The molecule has 4 amide bonds. The number of hydrogen-bond acceptors (Lipinski definition) is 21. The van der Waals surface area contributed by atoms with Gasteiger partial charge in [-0.25, -0.2) is 34.9 Å². The molecule has 25 nitrogen and oxygen atoms in total. The maximum Gasteiger partial charge on any atom is 0.273 e. The summed E-state index contributed by atoms with van der Waals surface area (Å²) in [6.07, 6.45) is 24.8. The van der Waals surface area contributed by atoms with Gasteiger partial charge in [-0.15, -0.1) is 0 Å². The molecule has 602 valence electrons. The van der Waals surface area contributed by atoms with Gasteiger partial charge in [0.15, 0.2) is 11.5 Å². The number of aromatic nitrogens is 13. The molecular weight excluding hydrogens is 1510 g/mol. The van der Waals surface area contributed by atoms with Gasteiger partial charge in [-0.2, -0.15) is 25.4 Å². The van der Waals surface area contributed by atoms with Crippen molar-refractivity contribution >= 4 is 34.7 Å². The minimum absolute atomic E-state index is 0.00470. The lowest BCUT2D eigenvalue weighted by molar-refractivity contribution is 0.0461. The zero-order valence-corrected chi connectivity index (χ0v) is 67.0. The van der Waals surface area contributed by atoms with Crippen LogP contribution in [0, 0.1) is 51.4 Å². The van der Waals surface area contributed by atoms with Crippen LogP contribution in [0.5, 0.6) is 23.5 Å². The predicted molar refractivity (Wildman–Crippen MR) is 449 cm³/mol. The minimum atomic E-state index is -0.109. The number of fused-ring (bicyclic) bond motifs is 9. The molecular formula is C95H89N17O8. The van der Waals surface area contributed by atoms with Gasteiger partial charge in [0.25, 0.3) is 23.6 Å². The van der Waals surface area contributed by atoms with E-state index in [1.54, 1.807) is 49.4 Å². The van der Waals surface area contributed by atoms with Crippen molar-refractivity contribution in [3.63, 3.8) is 0 Å². The molecule has 4 aliphatic heterocycles. The van der Waals surface area contributed by atoms with Crippen LogP contribution in [-0.4, -0.2) is 183 Å². The van der Waals surface area contributed by atoms with Crippen LogP contribution >= 0.6 is 0 Å². The zero-order chi connectivity index (χ0) is 81.7. The second-order valence-electron chi connectivity index (χ2n) is 32.3. The fourth-order valence-electron chi connectivity index (χ4n) is 18.6. The molecule has 4 saturated carbocycles. The highest BCUT2D eigenvalue weighted by Crippen LogP contribution is 2.46. The molecule has 0 spiro atoms. The van der Waals surface area contributed by atoms with Crippen molar-refractivity contribution in [1.29, 1.82) is 0 Å². The van der Waals surface area contributed by atoms with Crippen molar-refractivity contribution in [1.82, 2.24) is 84.9 Å². The van der Waals surface area contributed by atoms with Gasteiger partial charge in [-0.05, 0) is 210 Å². The summed E-state index contributed by atoms with van der Waals surface area (Å²) in [4.78, 5) is 102. The number of rotatable bonds is 16. The molecule has 25 heteroatoms. The minimum Gasteiger partial charge on any atom is -0.472 e. The normalized spacial score (nSPS) is 22.3. The topological polar surface area (TPSA) is 286 Å².